The summed E-state index contributed by atoms with van der Waals surface area (Å²) in [5, 5.41) is 1.90. The molecule has 0 aliphatic carbocycles. The summed E-state index contributed by atoms with van der Waals surface area (Å²) < 4.78 is 2.37. The lowest BCUT2D eigenvalue weighted by Crippen LogP contribution is -2.27. The van der Waals surface area contributed by atoms with Crippen molar-refractivity contribution in [2.24, 2.45) is 5.73 Å². The fourth-order valence-electron chi connectivity index (χ4n) is 4.16. The van der Waals surface area contributed by atoms with Gasteiger partial charge in [-0.1, -0.05) is 79.7 Å². The zero-order valence-electron chi connectivity index (χ0n) is 17.8. The van der Waals surface area contributed by atoms with Crippen molar-refractivity contribution in [3.63, 3.8) is 0 Å². The molecule has 0 unspecified atom stereocenters. The van der Waals surface area contributed by atoms with Crippen molar-refractivity contribution >= 4 is 17.6 Å². The van der Waals surface area contributed by atoms with Gasteiger partial charge in [0.25, 0.3) is 0 Å². The summed E-state index contributed by atoms with van der Waals surface area (Å²) in [7, 11) is 0. The Bertz CT molecular complexity index is 1040. The number of nitrogens with zero attached hydrogens (tertiary/aromatic N) is 2. The van der Waals surface area contributed by atoms with E-state index in [4.69, 9.17) is 10.7 Å². The third kappa shape index (κ3) is 5.27. The highest BCUT2D eigenvalue weighted by Gasteiger charge is 2.22. The number of hydrogen-bond donors (Lipinski definition) is 1. The fourth-order valence-corrected chi connectivity index (χ4v) is 4.79. The highest BCUT2D eigenvalue weighted by Crippen LogP contribution is 2.33. The summed E-state index contributed by atoms with van der Waals surface area (Å²) in [6, 6.07) is 23.4. The number of aromatic nitrogens is 1. The summed E-state index contributed by atoms with van der Waals surface area (Å²) in [6.07, 6.45) is 3.13. The second kappa shape index (κ2) is 9.99. The largest absolute Gasteiger partial charge is 0.399 e. The monoisotopic (exact) mass is 427 g/mol. The average molecular weight is 428 g/mol. The zero-order valence-corrected chi connectivity index (χ0v) is 18.7. The van der Waals surface area contributed by atoms with Gasteiger partial charge in [-0.2, -0.15) is 0 Å². The molecule has 158 valence electrons. The second-order valence-electron chi connectivity index (χ2n) is 7.99. The lowest BCUT2D eigenvalue weighted by Gasteiger charge is -2.30. The van der Waals surface area contributed by atoms with Gasteiger partial charge in [0.05, 0.1) is 5.69 Å². The summed E-state index contributed by atoms with van der Waals surface area (Å²) in [4.78, 5) is 5.09. The number of benzene rings is 2. The molecule has 3 nitrogen and oxygen atoms in total. The van der Waals surface area contributed by atoms with Crippen molar-refractivity contribution in [1.82, 2.24) is 9.29 Å². The topological polar surface area (TPSA) is 42.1 Å². The average Bonchev–Trinajstić information content (AvgIpc) is 2.80. The van der Waals surface area contributed by atoms with Crippen LogP contribution in [-0.2, 0) is 6.42 Å². The predicted octanol–water partition coefficient (Wildman–Crippen LogP) is 6.24. The molecule has 3 aromatic rings. The molecule has 0 radical (unpaired) electrons. The van der Waals surface area contributed by atoms with Crippen LogP contribution < -0.4 is 5.73 Å². The lowest BCUT2D eigenvalue weighted by atomic mass is 9.92. The Labute approximate surface area is 189 Å². The molecule has 0 spiro atoms. The van der Waals surface area contributed by atoms with E-state index in [9.17, 15) is 0 Å². The van der Waals surface area contributed by atoms with Crippen LogP contribution >= 0.6 is 11.9 Å². The number of piperidine rings is 1. The van der Waals surface area contributed by atoms with Crippen molar-refractivity contribution in [3.05, 3.63) is 108 Å². The predicted molar refractivity (Wildman–Crippen MR) is 133 cm³/mol. The molecule has 31 heavy (non-hydrogen) atoms. The number of pyridine rings is 1. The van der Waals surface area contributed by atoms with Crippen LogP contribution in [-0.4, -0.2) is 22.4 Å². The number of nitrogens with two attached hydrogens (primary N) is 1. The van der Waals surface area contributed by atoms with E-state index in [0.717, 1.165) is 54.9 Å². The van der Waals surface area contributed by atoms with Gasteiger partial charge >= 0.3 is 0 Å². The number of hydrogen-bond acceptors (Lipinski definition) is 4. The van der Waals surface area contributed by atoms with Gasteiger partial charge in [-0.25, -0.2) is 4.31 Å². The molecular formula is C27H29N3S. The molecule has 2 N–H and O–H groups in total. The molecule has 0 amide bonds. The van der Waals surface area contributed by atoms with Crippen LogP contribution in [0.4, 0.5) is 0 Å². The zero-order chi connectivity index (χ0) is 21.6. The Balaban J connectivity index is 1.57. The van der Waals surface area contributed by atoms with Crippen LogP contribution in [0, 0.1) is 0 Å². The van der Waals surface area contributed by atoms with Gasteiger partial charge in [0.15, 0.2) is 0 Å². The van der Waals surface area contributed by atoms with Gasteiger partial charge in [-0.15, -0.1) is 0 Å². The van der Waals surface area contributed by atoms with Crippen molar-refractivity contribution in [3.8, 4) is 11.3 Å². The molecule has 4 rings (SSSR count). The third-order valence-corrected chi connectivity index (χ3v) is 6.65. The van der Waals surface area contributed by atoms with Gasteiger partial charge in [-0.05, 0) is 47.9 Å². The van der Waals surface area contributed by atoms with Gasteiger partial charge in [0.2, 0.25) is 0 Å². The smallest absolute Gasteiger partial charge is 0.0798 e. The minimum absolute atomic E-state index is 0.470. The molecule has 1 aliphatic rings. The minimum atomic E-state index is 0.470. The van der Waals surface area contributed by atoms with Crippen molar-refractivity contribution in [2.45, 2.75) is 25.2 Å². The maximum absolute atomic E-state index is 6.11. The van der Waals surface area contributed by atoms with Crippen LogP contribution in [0.5, 0.6) is 0 Å². The first kappa shape index (κ1) is 21.4. The van der Waals surface area contributed by atoms with Gasteiger partial charge in [-0.3, -0.25) is 4.98 Å². The van der Waals surface area contributed by atoms with E-state index >= 15 is 0 Å². The van der Waals surface area contributed by atoms with Crippen LogP contribution in [0.1, 0.15) is 41.1 Å². The molecule has 1 fully saturated rings. The van der Waals surface area contributed by atoms with Crippen molar-refractivity contribution in [2.75, 3.05) is 13.1 Å². The Morgan fingerprint density at radius 1 is 1.00 bits per heavy atom. The Morgan fingerprint density at radius 2 is 1.68 bits per heavy atom. The molecule has 2 heterocycles. The first-order valence-corrected chi connectivity index (χ1v) is 11.6. The summed E-state index contributed by atoms with van der Waals surface area (Å²) >= 11 is 1.71. The fraction of sp³-hybridized carbons (Fsp3) is 0.222. The summed E-state index contributed by atoms with van der Waals surface area (Å²) in [5.41, 5.74) is 13.3. The molecule has 2 aromatic carbocycles. The van der Waals surface area contributed by atoms with E-state index < -0.39 is 0 Å². The SMILES string of the molecule is C=CSN1CCC(c2ccc(C(=C)N)c(-c3ccc(Cc4ccccc4)cc3)n2)CC1. The van der Waals surface area contributed by atoms with E-state index in [-0.39, 0.29) is 0 Å². The number of rotatable bonds is 7. The van der Waals surface area contributed by atoms with Gasteiger partial charge in [0, 0.05) is 41.5 Å². The van der Waals surface area contributed by atoms with Gasteiger partial charge in [0.1, 0.15) is 0 Å². The van der Waals surface area contributed by atoms with Crippen LogP contribution in [0.15, 0.2) is 85.3 Å². The summed E-state index contributed by atoms with van der Waals surface area (Å²) in [6.45, 7) is 9.91. The molecule has 1 saturated heterocycles. The van der Waals surface area contributed by atoms with Gasteiger partial charge < -0.3 is 5.73 Å². The molecule has 1 aliphatic heterocycles. The molecular weight excluding hydrogens is 398 g/mol. The Kier molecular flexibility index (Phi) is 6.90. The molecule has 1 aromatic heterocycles. The molecule has 0 saturated carbocycles. The second-order valence-corrected chi connectivity index (χ2v) is 9.05. The normalized spacial score (nSPS) is 15.0. The Hall–Kier alpha value is -2.82. The molecule has 0 bridgehead atoms. The maximum Gasteiger partial charge on any atom is 0.0798 e. The highest BCUT2D eigenvalue weighted by molar-refractivity contribution is 7.99. The first-order valence-electron chi connectivity index (χ1n) is 10.8. The van der Waals surface area contributed by atoms with E-state index in [0.29, 0.717) is 11.6 Å². The Morgan fingerprint density at radius 3 is 2.32 bits per heavy atom. The van der Waals surface area contributed by atoms with Crippen LogP contribution in [0.25, 0.3) is 17.0 Å². The van der Waals surface area contributed by atoms with E-state index in [2.05, 4.69) is 84.2 Å². The lowest BCUT2D eigenvalue weighted by molar-refractivity contribution is 0.344. The first-order chi connectivity index (χ1) is 15.1. The van der Waals surface area contributed by atoms with E-state index in [1.807, 2.05) is 5.41 Å². The van der Waals surface area contributed by atoms with Crippen molar-refractivity contribution < 1.29 is 0 Å². The van der Waals surface area contributed by atoms with E-state index in [1.165, 1.54) is 11.1 Å². The molecule has 4 heteroatoms. The summed E-state index contributed by atoms with van der Waals surface area (Å²) in [5.74, 6) is 0.470. The third-order valence-electron chi connectivity index (χ3n) is 5.84. The highest BCUT2D eigenvalue weighted by atomic mass is 32.2. The van der Waals surface area contributed by atoms with E-state index in [1.54, 1.807) is 11.9 Å². The standard InChI is InChI=1S/C27H29N3S/c1-3-31-30-17-15-23(16-18-30)26-14-13-25(20(2)28)27(29-26)24-11-9-22(10-12-24)19-21-7-5-4-6-8-21/h3-14,23H,1-2,15-19,28H2. The van der Waals surface area contributed by atoms with Crippen LogP contribution in [0.2, 0.25) is 0 Å². The minimum Gasteiger partial charge on any atom is -0.399 e. The maximum atomic E-state index is 6.11. The van der Waals surface area contributed by atoms with Crippen LogP contribution in [0.3, 0.4) is 0 Å². The molecule has 0 atom stereocenters. The van der Waals surface area contributed by atoms with Crippen molar-refractivity contribution in [1.29, 1.82) is 0 Å². The quantitative estimate of drug-likeness (QED) is 0.453.